The molecule has 1 fully saturated rings. The van der Waals surface area contributed by atoms with Crippen LogP contribution in [0.5, 0.6) is 0 Å². The molecule has 0 bridgehead atoms. The van der Waals surface area contributed by atoms with Crippen LogP contribution in [0.4, 0.5) is 14.9 Å². The van der Waals surface area contributed by atoms with Gasteiger partial charge in [0.25, 0.3) is 0 Å². The first kappa shape index (κ1) is 22.7. The molecule has 1 aliphatic heterocycles. The van der Waals surface area contributed by atoms with Gasteiger partial charge < -0.3 is 14.8 Å². The highest BCUT2D eigenvalue weighted by molar-refractivity contribution is 5.92. The third kappa shape index (κ3) is 6.28. The second-order valence-corrected chi connectivity index (χ2v) is 7.22. The number of carbonyl (C=O) groups is 3. The number of anilines is 1. The average Bonchev–Trinajstić information content (AvgIpc) is 3.28. The lowest BCUT2D eigenvalue weighted by molar-refractivity contribution is -0.147. The summed E-state index contributed by atoms with van der Waals surface area (Å²) in [5.74, 6) is -1.20. The SMILES string of the molecule is N#CCOC(=O)C1CCCN1C(=O)OCc1ccc(NC(=O)Cc2ccc(F)cc2)cc1. The average molecular weight is 439 g/mol. The van der Waals surface area contributed by atoms with Crippen LogP contribution in [0.15, 0.2) is 48.5 Å². The van der Waals surface area contributed by atoms with Gasteiger partial charge >= 0.3 is 12.1 Å². The molecular formula is C23H22FN3O5. The van der Waals surface area contributed by atoms with Gasteiger partial charge in [-0.3, -0.25) is 9.69 Å². The predicted octanol–water partition coefficient (Wildman–Crippen LogP) is 3.17. The van der Waals surface area contributed by atoms with E-state index in [1.165, 1.54) is 17.0 Å². The van der Waals surface area contributed by atoms with Gasteiger partial charge in [-0.1, -0.05) is 24.3 Å². The molecule has 0 aromatic heterocycles. The summed E-state index contributed by atoms with van der Waals surface area (Å²) in [4.78, 5) is 37.8. The number of hydrogen-bond donors (Lipinski definition) is 1. The molecule has 1 N–H and O–H groups in total. The maximum Gasteiger partial charge on any atom is 0.410 e. The fraction of sp³-hybridized carbons (Fsp3) is 0.304. The zero-order valence-corrected chi connectivity index (χ0v) is 17.3. The second-order valence-electron chi connectivity index (χ2n) is 7.22. The van der Waals surface area contributed by atoms with Crippen molar-refractivity contribution in [1.29, 1.82) is 5.26 Å². The highest BCUT2D eigenvalue weighted by Crippen LogP contribution is 2.20. The summed E-state index contributed by atoms with van der Waals surface area (Å²) in [6.45, 7) is 0.0221. The number of hydrogen-bond acceptors (Lipinski definition) is 6. The molecule has 1 saturated heterocycles. The van der Waals surface area contributed by atoms with Crippen LogP contribution in [0.3, 0.4) is 0 Å². The number of ether oxygens (including phenoxy) is 2. The Balaban J connectivity index is 1.47. The maximum atomic E-state index is 12.9. The fourth-order valence-electron chi connectivity index (χ4n) is 3.33. The van der Waals surface area contributed by atoms with Gasteiger partial charge in [0.15, 0.2) is 6.61 Å². The molecule has 8 nitrogen and oxygen atoms in total. The van der Waals surface area contributed by atoms with E-state index in [1.807, 2.05) is 0 Å². The minimum atomic E-state index is -0.741. The summed E-state index contributed by atoms with van der Waals surface area (Å²) in [6, 6.07) is 13.5. The number of rotatable bonds is 7. The van der Waals surface area contributed by atoms with Gasteiger partial charge in [-0.15, -0.1) is 0 Å². The van der Waals surface area contributed by atoms with E-state index in [-0.39, 0.29) is 31.4 Å². The molecule has 0 aliphatic carbocycles. The number of amides is 2. The first-order chi connectivity index (χ1) is 15.5. The Labute approximate surface area is 184 Å². The summed E-state index contributed by atoms with van der Waals surface area (Å²) < 4.78 is 23.1. The highest BCUT2D eigenvalue weighted by Gasteiger charge is 2.36. The molecule has 0 radical (unpaired) electrons. The number of nitrogens with zero attached hydrogens (tertiary/aromatic N) is 2. The van der Waals surface area contributed by atoms with E-state index in [2.05, 4.69) is 5.32 Å². The van der Waals surface area contributed by atoms with Crippen molar-refractivity contribution in [2.45, 2.75) is 31.9 Å². The highest BCUT2D eigenvalue weighted by atomic mass is 19.1. The lowest BCUT2D eigenvalue weighted by Crippen LogP contribution is -2.41. The molecule has 0 spiro atoms. The predicted molar refractivity (Wildman–Crippen MR) is 112 cm³/mol. The van der Waals surface area contributed by atoms with Gasteiger partial charge in [0.1, 0.15) is 24.5 Å². The molecule has 0 saturated carbocycles. The largest absolute Gasteiger partial charge is 0.449 e. The number of halogens is 1. The zero-order valence-electron chi connectivity index (χ0n) is 17.3. The van der Waals surface area contributed by atoms with Crippen LogP contribution >= 0.6 is 0 Å². The van der Waals surface area contributed by atoms with E-state index in [0.717, 1.165) is 0 Å². The van der Waals surface area contributed by atoms with E-state index >= 15 is 0 Å². The molecule has 1 unspecified atom stereocenters. The molecule has 1 heterocycles. The normalized spacial score (nSPS) is 15.0. The summed E-state index contributed by atoms with van der Waals surface area (Å²) in [7, 11) is 0. The van der Waals surface area contributed by atoms with Crippen molar-refractivity contribution < 1.29 is 28.2 Å². The van der Waals surface area contributed by atoms with E-state index in [0.29, 0.717) is 36.2 Å². The summed E-state index contributed by atoms with van der Waals surface area (Å²) in [5, 5.41) is 11.3. The number of nitriles is 1. The smallest absolute Gasteiger partial charge is 0.410 e. The van der Waals surface area contributed by atoms with Crippen LogP contribution < -0.4 is 5.32 Å². The zero-order chi connectivity index (χ0) is 22.9. The maximum absolute atomic E-state index is 12.9. The Morgan fingerprint density at radius 3 is 2.44 bits per heavy atom. The van der Waals surface area contributed by atoms with Crippen LogP contribution in [0, 0.1) is 17.1 Å². The summed E-state index contributed by atoms with van der Waals surface area (Å²) in [6.07, 6.45) is 0.602. The van der Waals surface area contributed by atoms with Crippen molar-refractivity contribution in [2.24, 2.45) is 0 Å². The van der Waals surface area contributed by atoms with Crippen molar-refractivity contribution in [3.05, 3.63) is 65.5 Å². The van der Waals surface area contributed by atoms with Crippen LogP contribution in [-0.2, 0) is 32.1 Å². The Hall–Kier alpha value is -3.93. The van der Waals surface area contributed by atoms with E-state index < -0.39 is 18.1 Å². The minimum absolute atomic E-state index is 0.000890. The molecule has 2 aromatic carbocycles. The van der Waals surface area contributed by atoms with Crippen molar-refractivity contribution in [3.63, 3.8) is 0 Å². The van der Waals surface area contributed by atoms with Crippen molar-refractivity contribution in [1.82, 2.24) is 4.90 Å². The molecule has 9 heteroatoms. The molecule has 166 valence electrons. The van der Waals surface area contributed by atoms with Gasteiger partial charge in [-0.05, 0) is 48.2 Å². The fourth-order valence-corrected chi connectivity index (χ4v) is 3.33. The molecular weight excluding hydrogens is 417 g/mol. The van der Waals surface area contributed by atoms with Gasteiger partial charge in [-0.25, -0.2) is 14.0 Å². The quantitative estimate of drug-likeness (QED) is 0.664. The lowest BCUT2D eigenvalue weighted by atomic mass is 10.1. The van der Waals surface area contributed by atoms with Gasteiger partial charge in [0, 0.05) is 12.2 Å². The van der Waals surface area contributed by atoms with E-state index in [9.17, 15) is 18.8 Å². The van der Waals surface area contributed by atoms with Crippen molar-refractivity contribution in [3.8, 4) is 6.07 Å². The Morgan fingerprint density at radius 2 is 1.75 bits per heavy atom. The van der Waals surface area contributed by atoms with Crippen LogP contribution in [0.1, 0.15) is 24.0 Å². The summed E-state index contributed by atoms with van der Waals surface area (Å²) in [5.41, 5.74) is 1.98. The van der Waals surface area contributed by atoms with E-state index in [1.54, 1.807) is 42.5 Å². The first-order valence-electron chi connectivity index (χ1n) is 10.1. The Bertz CT molecular complexity index is 1000. The first-order valence-corrected chi connectivity index (χ1v) is 10.1. The third-order valence-corrected chi connectivity index (χ3v) is 4.92. The second kappa shape index (κ2) is 10.9. The van der Waals surface area contributed by atoms with Crippen molar-refractivity contribution >= 4 is 23.7 Å². The number of benzene rings is 2. The number of carbonyl (C=O) groups excluding carboxylic acids is 3. The van der Waals surface area contributed by atoms with Crippen LogP contribution in [0.25, 0.3) is 0 Å². The standard InChI is InChI=1S/C23H22FN3O5/c24-18-7-3-16(4-8-18)14-21(28)26-19-9-5-17(6-10-19)15-32-23(30)27-12-1-2-20(27)22(29)31-13-11-25/h3-10,20H,1-2,12-15H2,(H,26,28). The molecule has 2 aromatic rings. The van der Waals surface area contributed by atoms with Crippen molar-refractivity contribution in [2.75, 3.05) is 18.5 Å². The monoisotopic (exact) mass is 439 g/mol. The lowest BCUT2D eigenvalue weighted by Gasteiger charge is -2.22. The third-order valence-electron chi connectivity index (χ3n) is 4.92. The number of esters is 1. The Kier molecular flexibility index (Phi) is 7.75. The Morgan fingerprint density at radius 1 is 1.06 bits per heavy atom. The molecule has 1 atom stereocenters. The van der Waals surface area contributed by atoms with Crippen LogP contribution in [-0.4, -0.2) is 42.1 Å². The van der Waals surface area contributed by atoms with Gasteiger partial charge in [0.05, 0.1) is 6.42 Å². The van der Waals surface area contributed by atoms with Gasteiger partial charge in [-0.2, -0.15) is 5.26 Å². The van der Waals surface area contributed by atoms with Gasteiger partial charge in [0.2, 0.25) is 5.91 Å². The summed E-state index contributed by atoms with van der Waals surface area (Å²) >= 11 is 0. The molecule has 32 heavy (non-hydrogen) atoms. The number of likely N-dealkylation sites (tertiary alicyclic amines) is 1. The topological polar surface area (TPSA) is 109 Å². The van der Waals surface area contributed by atoms with E-state index in [4.69, 9.17) is 14.7 Å². The molecule has 1 aliphatic rings. The molecule has 3 rings (SSSR count). The molecule has 2 amide bonds. The number of nitrogens with one attached hydrogen (secondary N) is 1. The minimum Gasteiger partial charge on any atom is -0.449 e. The van der Waals surface area contributed by atoms with Crippen LogP contribution in [0.2, 0.25) is 0 Å².